The van der Waals surface area contributed by atoms with Gasteiger partial charge in [-0.1, -0.05) is 0 Å². The molecule has 13 heavy (non-hydrogen) atoms. The molecule has 3 N–H and O–H groups in total. The average molecular weight is 310 g/mol. The number of guanidine groups is 1. The molecule has 0 aromatic carbocycles. The van der Waals surface area contributed by atoms with Crippen molar-refractivity contribution in [2.24, 2.45) is 4.99 Å². The summed E-state index contributed by atoms with van der Waals surface area (Å²) in [6, 6.07) is 0. The lowest BCUT2D eigenvalue weighted by molar-refractivity contribution is -0.125. The molecule has 1 aliphatic rings. The molecule has 0 spiro atoms. The van der Waals surface area contributed by atoms with Crippen LogP contribution in [0.25, 0.3) is 0 Å². The Balaban J connectivity index is 0.00000144. The summed E-state index contributed by atoms with van der Waals surface area (Å²) >= 11 is 0. The molecule has 0 unspecified atom stereocenters. The van der Waals surface area contributed by atoms with Gasteiger partial charge in [0.15, 0.2) is 0 Å². The van der Waals surface area contributed by atoms with E-state index in [-0.39, 0.29) is 24.0 Å². The quantitative estimate of drug-likeness (QED) is 0.505. The van der Waals surface area contributed by atoms with Gasteiger partial charge in [0.2, 0.25) is 5.96 Å². The number of hydrogen-bond acceptors (Lipinski definition) is 4. The van der Waals surface area contributed by atoms with Crippen LogP contribution in [0.1, 0.15) is 0 Å². The third-order valence-electron chi connectivity index (χ3n) is 1.17. The Labute approximate surface area is 90.3 Å². The molecule has 1 aliphatic heterocycles. The Morgan fingerprint density at radius 2 is 2.15 bits per heavy atom. The number of alkyl halides is 3. The molecule has 0 saturated carbocycles. The predicted molar refractivity (Wildman–Crippen MR) is 52.9 cm³/mol. The number of rotatable bonds is 2. The van der Waals surface area contributed by atoms with E-state index in [1.165, 1.54) is 0 Å². The van der Waals surface area contributed by atoms with Gasteiger partial charge in [0.05, 0.1) is 6.54 Å². The van der Waals surface area contributed by atoms with Crippen LogP contribution < -0.4 is 16.2 Å². The van der Waals surface area contributed by atoms with E-state index in [1.54, 1.807) is 0 Å². The van der Waals surface area contributed by atoms with Crippen LogP contribution in [-0.4, -0.2) is 31.8 Å². The molecule has 0 atom stereocenters. The minimum absolute atomic E-state index is 0. The topological polar surface area (TPSA) is 48.5 Å². The Bertz CT molecular complexity index is 181. The normalized spacial score (nSPS) is 15.8. The Morgan fingerprint density at radius 1 is 1.46 bits per heavy atom. The van der Waals surface area contributed by atoms with Crippen LogP contribution in [-0.2, 0) is 0 Å². The molecule has 1 rings (SSSR count). The highest BCUT2D eigenvalue weighted by Gasteiger charge is 2.26. The smallest absolute Gasteiger partial charge is 0.353 e. The maximum Gasteiger partial charge on any atom is 0.402 e. The standard InChI is InChI=1S/C5H9F3N4.HI/c6-5(7,8)3-11-12-4-9-1-2-10-4;/h11H,1-3H2,(H2,9,10,12);1H. The summed E-state index contributed by atoms with van der Waals surface area (Å²) < 4.78 is 34.7. The highest BCUT2D eigenvalue weighted by molar-refractivity contribution is 14.0. The van der Waals surface area contributed by atoms with Gasteiger partial charge in [-0.3, -0.25) is 10.4 Å². The molecule has 0 radical (unpaired) electrons. The molecular formula is C5H10F3IN4. The van der Waals surface area contributed by atoms with E-state index in [9.17, 15) is 13.2 Å². The van der Waals surface area contributed by atoms with Crippen molar-refractivity contribution in [2.75, 3.05) is 19.6 Å². The average Bonchev–Trinajstić information content (AvgIpc) is 2.36. The zero-order valence-corrected chi connectivity index (χ0v) is 8.94. The first-order valence-electron chi connectivity index (χ1n) is 3.42. The number of nitrogens with one attached hydrogen (secondary N) is 3. The zero-order valence-electron chi connectivity index (χ0n) is 6.61. The number of aliphatic imine (C=N–C) groups is 1. The molecule has 0 bridgehead atoms. The second kappa shape index (κ2) is 5.47. The number of halogens is 4. The molecular weight excluding hydrogens is 300 g/mol. The molecule has 1 heterocycles. The second-order valence-electron chi connectivity index (χ2n) is 2.25. The molecule has 0 aliphatic carbocycles. The highest BCUT2D eigenvalue weighted by Crippen LogP contribution is 2.11. The molecule has 0 saturated heterocycles. The van der Waals surface area contributed by atoms with Crippen molar-refractivity contribution in [2.45, 2.75) is 6.18 Å². The zero-order chi connectivity index (χ0) is 9.03. The Hall–Kier alpha value is -0.250. The summed E-state index contributed by atoms with van der Waals surface area (Å²) in [5.41, 5.74) is 4.31. The van der Waals surface area contributed by atoms with E-state index in [0.29, 0.717) is 19.0 Å². The molecule has 0 aromatic heterocycles. The number of hydrazine groups is 1. The molecule has 0 amide bonds. The molecule has 0 fully saturated rings. The van der Waals surface area contributed by atoms with Gasteiger partial charge in [0.25, 0.3) is 0 Å². The van der Waals surface area contributed by atoms with Crippen molar-refractivity contribution < 1.29 is 13.2 Å². The van der Waals surface area contributed by atoms with Crippen LogP contribution in [0, 0.1) is 0 Å². The summed E-state index contributed by atoms with van der Waals surface area (Å²) in [5.74, 6) is 0.360. The maximum atomic E-state index is 11.6. The van der Waals surface area contributed by atoms with Gasteiger partial charge in [0, 0.05) is 6.54 Å². The molecule has 78 valence electrons. The lowest BCUT2D eigenvalue weighted by atomic mass is 10.7. The van der Waals surface area contributed by atoms with Gasteiger partial charge in [0.1, 0.15) is 6.54 Å². The largest absolute Gasteiger partial charge is 0.402 e. The van der Waals surface area contributed by atoms with Crippen LogP contribution in [0.3, 0.4) is 0 Å². The number of hydrogen-bond donors (Lipinski definition) is 3. The van der Waals surface area contributed by atoms with E-state index >= 15 is 0 Å². The third-order valence-corrected chi connectivity index (χ3v) is 1.17. The maximum absolute atomic E-state index is 11.6. The van der Waals surface area contributed by atoms with Gasteiger partial charge in [-0.2, -0.15) is 13.2 Å². The van der Waals surface area contributed by atoms with E-state index in [4.69, 9.17) is 0 Å². The summed E-state index contributed by atoms with van der Waals surface area (Å²) in [6.45, 7) is 0.180. The van der Waals surface area contributed by atoms with Gasteiger partial charge >= 0.3 is 6.18 Å². The summed E-state index contributed by atoms with van der Waals surface area (Å²) in [4.78, 5) is 3.82. The first-order valence-corrected chi connectivity index (χ1v) is 3.42. The molecule has 8 heteroatoms. The minimum atomic E-state index is -4.20. The van der Waals surface area contributed by atoms with Crippen molar-refractivity contribution in [3.8, 4) is 0 Å². The van der Waals surface area contributed by atoms with Crippen LogP contribution in [0.5, 0.6) is 0 Å². The van der Waals surface area contributed by atoms with Gasteiger partial charge < -0.3 is 5.32 Å². The summed E-state index contributed by atoms with van der Waals surface area (Å²) in [6.07, 6.45) is -4.20. The van der Waals surface area contributed by atoms with E-state index < -0.39 is 12.7 Å². The second-order valence-corrected chi connectivity index (χ2v) is 2.25. The SMILES string of the molecule is FC(F)(F)CNNC1=NCCN1.I. The van der Waals surface area contributed by atoms with Crippen molar-refractivity contribution in [1.82, 2.24) is 16.2 Å². The van der Waals surface area contributed by atoms with Crippen molar-refractivity contribution >= 4 is 29.9 Å². The Morgan fingerprint density at radius 3 is 2.62 bits per heavy atom. The van der Waals surface area contributed by atoms with E-state index in [0.717, 1.165) is 0 Å². The van der Waals surface area contributed by atoms with E-state index in [1.807, 2.05) is 5.43 Å². The number of nitrogens with zero attached hydrogens (tertiary/aromatic N) is 1. The van der Waals surface area contributed by atoms with Crippen molar-refractivity contribution in [3.05, 3.63) is 0 Å². The van der Waals surface area contributed by atoms with Crippen molar-refractivity contribution in [1.29, 1.82) is 0 Å². The molecule has 4 nitrogen and oxygen atoms in total. The fraction of sp³-hybridized carbons (Fsp3) is 0.800. The highest BCUT2D eigenvalue weighted by atomic mass is 127. The Kier molecular flexibility index (Phi) is 5.37. The van der Waals surface area contributed by atoms with E-state index in [2.05, 4.69) is 15.7 Å². The summed E-state index contributed by atoms with van der Waals surface area (Å²) in [7, 11) is 0. The van der Waals surface area contributed by atoms with Gasteiger partial charge in [-0.05, 0) is 0 Å². The molecule has 0 aromatic rings. The summed E-state index contributed by atoms with van der Waals surface area (Å²) in [5, 5.41) is 2.75. The van der Waals surface area contributed by atoms with Gasteiger partial charge in [-0.25, -0.2) is 5.43 Å². The van der Waals surface area contributed by atoms with Crippen LogP contribution >= 0.6 is 24.0 Å². The monoisotopic (exact) mass is 310 g/mol. The first kappa shape index (κ1) is 12.8. The van der Waals surface area contributed by atoms with Crippen LogP contribution in [0.4, 0.5) is 13.2 Å². The third kappa shape index (κ3) is 5.91. The van der Waals surface area contributed by atoms with Crippen LogP contribution in [0.2, 0.25) is 0 Å². The van der Waals surface area contributed by atoms with Gasteiger partial charge in [-0.15, -0.1) is 24.0 Å². The fourth-order valence-corrected chi connectivity index (χ4v) is 0.710. The fourth-order valence-electron chi connectivity index (χ4n) is 0.710. The van der Waals surface area contributed by atoms with Crippen LogP contribution in [0.15, 0.2) is 4.99 Å². The lowest BCUT2D eigenvalue weighted by Crippen LogP contribution is -2.46. The lowest BCUT2D eigenvalue weighted by Gasteiger charge is -2.09. The minimum Gasteiger partial charge on any atom is -0.353 e. The predicted octanol–water partition coefficient (Wildman–Crippen LogP) is 0.220. The first-order chi connectivity index (χ1) is 5.58. The van der Waals surface area contributed by atoms with Crippen molar-refractivity contribution in [3.63, 3.8) is 0 Å².